The first-order valence-electron chi connectivity index (χ1n) is 6.10. The van der Waals surface area contributed by atoms with Gasteiger partial charge in [-0.15, -0.1) is 0 Å². The Morgan fingerprint density at radius 2 is 1.74 bits per heavy atom. The van der Waals surface area contributed by atoms with Gasteiger partial charge in [0.15, 0.2) is 12.4 Å². The molecule has 1 N–H and O–H groups in total. The van der Waals surface area contributed by atoms with Crippen LogP contribution in [0, 0.1) is 13.8 Å². The van der Waals surface area contributed by atoms with Crippen molar-refractivity contribution in [1.82, 2.24) is 0 Å². The fourth-order valence-electron chi connectivity index (χ4n) is 1.79. The first-order chi connectivity index (χ1) is 9.09. The molecule has 3 heteroatoms. The van der Waals surface area contributed by atoms with E-state index in [-0.39, 0.29) is 18.1 Å². The van der Waals surface area contributed by atoms with Crippen molar-refractivity contribution in [3.8, 4) is 11.5 Å². The van der Waals surface area contributed by atoms with Gasteiger partial charge in [-0.2, -0.15) is 0 Å². The average molecular weight is 256 g/mol. The van der Waals surface area contributed by atoms with E-state index in [1.54, 1.807) is 24.3 Å². The van der Waals surface area contributed by atoms with Crippen LogP contribution < -0.4 is 4.74 Å². The Balaban J connectivity index is 2.08. The van der Waals surface area contributed by atoms with Crippen LogP contribution in [0.4, 0.5) is 0 Å². The molecule has 0 atom stereocenters. The molecule has 0 aliphatic heterocycles. The Morgan fingerprint density at radius 1 is 1.05 bits per heavy atom. The van der Waals surface area contributed by atoms with Crippen LogP contribution in [0.15, 0.2) is 42.5 Å². The number of phenolic OH excluding ortho intramolecular Hbond substituents is 1. The molecule has 0 spiro atoms. The number of ether oxygens (including phenoxy) is 1. The maximum atomic E-state index is 11.9. The summed E-state index contributed by atoms with van der Waals surface area (Å²) >= 11 is 0. The average Bonchev–Trinajstić information content (AvgIpc) is 2.45. The van der Waals surface area contributed by atoms with Crippen LogP contribution in [-0.2, 0) is 0 Å². The van der Waals surface area contributed by atoms with E-state index < -0.39 is 0 Å². The molecule has 19 heavy (non-hydrogen) atoms. The molecule has 0 heterocycles. The van der Waals surface area contributed by atoms with Crippen molar-refractivity contribution in [3.05, 3.63) is 59.2 Å². The first kappa shape index (κ1) is 13.1. The second-order valence-electron chi connectivity index (χ2n) is 4.41. The zero-order chi connectivity index (χ0) is 13.8. The largest absolute Gasteiger partial charge is 0.508 e. The Hall–Kier alpha value is -2.29. The third-order valence-corrected chi connectivity index (χ3v) is 3.16. The molecule has 0 radical (unpaired) electrons. The second-order valence-corrected chi connectivity index (χ2v) is 4.41. The highest BCUT2D eigenvalue weighted by molar-refractivity contribution is 5.97. The molecule has 0 aromatic heterocycles. The molecule has 0 saturated carbocycles. The number of aromatic hydroxyl groups is 1. The second kappa shape index (κ2) is 5.57. The number of hydrogen-bond donors (Lipinski definition) is 1. The van der Waals surface area contributed by atoms with Crippen LogP contribution in [0.25, 0.3) is 0 Å². The summed E-state index contributed by atoms with van der Waals surface area (Å²) in [6, 6.07) is 12.3. The highest BCUT2D eigenvalue weighted by Gasteiger charge is 2.10. The zero-order valence-electron chi connectivity index (χ0n) is 11.0. The van der Waals surface area contributed by atoms with Gasteiger partial charge in [0, 0.05) is 5.56 Å². The van der Waals surface area contributed by atoms with Gasteiger partial charge in [-0.25, -0.2) is 0 Å². The van der Waals surface area contributed by atoms with Gasteiger partial charge in [0.05, 0.1) is 0 Å². The molecule has 0 saturated heterocycles. The normalized spacial score (nSPS) is 10.2. The standard InChI is InChI=1S/C16H16O3/c1-11-12(2)16(9-8-14(11)17)19-10-15(18)13-6-4-3-5-7-13/h3-9,17H,10H2,1-2H3. The SMILES string of the molecule is Cc1c(O)ccc(OCC(=O)c2ccccc2)c1C. The number of benzene rings is 2. The van der Waals surface area contributed by atoms with Crippen molar-refractivity contribution in [1.29, 1.82) is 0 Å². The molecule has 3 nitrogen and oxygen atoms in total. The number of rotatable bonds is 4. The highest BCUT2D eigenvalue weighted by Crippen LogP contribution is 2.28. The van der Waals surface area contributed by atoms with Crippen molar-refractivity contribution in [2.75, 3.05) is 6.61 Å². The number of ketones is 1. The predicted octanol–water partition coefficient (Wildman–Crippen LogP) is 3.27. The van der Waals surface area contributed by atoms with E-state index in [1.165, 1.54) is 0 Å². The molecule has 0 amide bonds. The molecule has 2 aromatic rings. The molecule has 0 bridgehead atoms. The van der Waals surface area contributed by atoms with Gasteiger partial charge >= 0.3 is 0 Å². The molecule has 2 aromatic carbocycles. The van der Waals surface area contributed by atoms with Gasteiger partial charge in [-0.1, -0.05) is 30.3 Å². The summed E-state index contributed by atoms with van der Waals surface area (Å²) in [5, 5.41) is 9.56. The summed E-state index contributed by atoms with van der Waals surface area (Å²) in [5.41, 5.74) is 2.25. The van der Waals surface area contributed by atoms with Crippen LogP contribution in [-0.4, -0.2) is 17.5 Å². The monoisotopic (exact) mass is 256 g/mol. The fourth-order valence-corrected chi connectivity index (χ4v) is 1.79. The van der Waals surface area contributed by atoms with Crippen LogP contribution in [0.1, 0.15) is 21.5 Å². The minimum Gasteiger partial charge on any atom is -0.508 e. The zero-order valence-corrected chi connectivity index (χ0v) is 11.0. The van der Waals surface area contributed by atoms with Crippen molar-refractivity contribution in [3.63, 3.8) is 0 Å². The van der Waals surface area contributed by atoms with Gasteiger partial charge in [-0.3, -0.25) is 4.79 Å². The van der Waals surface area contributed by atoms with Gasteiger partial charge in [0.1, 0.15) is 11.5 Å². The number of hydrogen-bond acceptors (Lipinski definition) is 3. The van der Waals surface area contributed by atoms with Gasteiger partial charge in [-0.05, 0) is 37.1 Å². The minimum absolute atomic E-state index is 0.00489. The lowest BCUT2D eigenvalue weighted by Crippen LogP contribution is -2.12. The smallest absolute Gasteiger partial charge is 0.200 e. The van der Waals surface area contributed by atoms with E-state index in [9.17, 15) is 9.90 Å². The molecule has 0 aliphatic rings. The van der Waals surface area contributed by atoms with E-state index in [0.717, 1.165) is 11.1 Å². The van der Waals surface area contributed by atoms with E-state index >= 15 is 0 Å². The number of phenols is 1. The van der Waals surface area contributed by atoms with E-state index in [1.807, 2.05) is 32.0 Å². The fraction of sp³-hybridized carbons (Fsp3) is 0.188. The molecule has 98 valence electrons. The number of carbonyl (C=O) groups is 1. The predicted molar refractivity (Wildman–Crippen MR) is 73.8 cm³/mol. The van der Waals surface area contributed by atoms with Crippen LogP contribution in [0.5, 0.6) is 11.5 Å². The lowest BCUT2D eigenvalue weighted by Gasteiger charge is -2.11. The minimum atomic E-state index is -0.0641. The molecule has 2 rings (SSSR count). The maximum Gasteiger partial charge on any atom is 0.200 e. The van der Waals surface area contributed by atoms with E-state index in [0.29, 0.717) is 11.3 Å². The third-order valence-electron chi connectivity index (χ3n) is 3.16. The Bertz CT molecular complexity index is 588. The summed E-state index contributed by atoms with van der Waals surface area (Å²) in [4.78, 5) is 11.9. The van der Waals surface area contributed by atoms with Crippen molar-refractivity contribution >= 4 is 5.78 Å². The Kier molecular flexibility index (Phi) is 3.85. The van der Waals surface area contributed by atoms with Gasteiger partial charge < -0.3 is 9.84 Å². The number of carbonyl (C=O) groups excluding carboxylic acids is 1. The van der Waals surface area contributed by atoms with E-state index in [4.69, 9.17) is 4.74 Å². The lowest BCUT2D eigenvalue weighted by atomic mass is 10.1. The summed E-state index contributed by atoms with van der Waals surface area (Å²) in [5.74, 6) is 0.796. The Morgan fingerprint density at radius 3 is 2.42 bits per heavy atom. The molecule has 0 aliphatic carbocycles. The van der Waals surface area contributed by atoms with Crippen molar-refractivity contribution in [2.45, 2.75) is 13.8 Å². The van der Waals surface area contributed by atoms with Crippen LogP contribution in [0.3, 0.4) is 0 Å². The van der Waals surface area contributed by atoms with Gasteiger partial charge in [0.2, 0.25) is 0 Å². The summed E-state index contributed by atoms with van der Waals surface area (Å²) in [7, 11) is 0. The topological polar surface area (TPSA) is 46.5 Å². The molecular weight excluding hydrogens is 240 g/mol. The van der Waals surface area contributed by atoms with Crippen LogP contribution in [0.2, 0.25) is 0 Å². The first-order valence-corrected chi connectivity index (χ1v) is 6.10. The molecule has 0 unspecified atom stereocenters. The lowest BCUT2D eigenvalue weighted by molar-refractivity contribution is 0.0921. The quantitative estimate of drug-likeness (QED) is 0.854. The summed E-state index contributed by atoms with van der Waals surface area (Å²) < 4.78 is 5.53. The van der Waals surface area contributed by atoms with Crippen molar-refractivity contribution < 1.29 is 14.6 Å². The highest BCUT2D eigenvalue weighted by atomic mass is 16.5. The maximum absolute atomic E-state index is 11.9. The molecular formula is C16H16O3. The summed E-state index contributed by atoms with van der Waals surface area (Å²) in [6.45, 7) is 3.67. The Labute approximate surface area is 112 Å². The molecule has 0 fully saturated rings. The third kappa shape index (κ3) is 2.94. The summed E-state index contributed by atoms with van der Waals surface area (Å²) in [6.07, 6.45) is 0. The van der Waals surface area contributed by atoms with Crippen molar-refractivity contribution in [2.24, 2.45) is 0 Å². The van der Waals surface area contributed by atoms with E-state index in [2.05, 4.69) is 0 Å². The van der Waals surface area contributed by atoms with Gasteiger partial charge in [0.25, 0.3) is 0 Å². The van der Waals surface area contributed by atoms with Crippen LogP contribution >= 0.6 is 0 Å². The number of Topliss-reactive ketones (excluding diaryl/α,β-unsaturated/α-hetero) is 1.